The molecule has 0 saturated carbocycles. The van der Waals surface area contributed by atoms with Gasteiger partial charge in [-0.25, -0.2) is 4.68 Å². The van der Waals surface area contributed by atoms with E-state index in [-0.39, 0.29) is 17.0 Å². The Hall–Kier alpha value is -2.47. The fourth-order valence-electron chi connectivity index (χ4n) is 3.33. The molecule has 0 atom stereocenters. The monoisotopic (exact) mass is 354 g/mol. The van der Waals surface area contributed by atoms with E-state index in [1.807, 2.05) is 37.3 Å². The normalized spacial score (nSPS) is 15.5. The van der Waals surface area contributed by atoms with Gasteiger partial charge in [-0.2, -0.15) is 5.10 Å². The molecule has 0 aliphatic carbocycles. The number of carbonyl (C=O) groups excluding carboxylic acids is 1. The Bertz CT molecular complexity index is 821. The van der Waals surface area contributed by atoms with Gasteiger partial charge in [-0.3, -0.25) is 14.5 Å². The summed E-state index contributed by atoms with van der Waals surface area (Å²) in [5, 5.41) is 4.38. The second-order valence-electron chi connectivity index (χ2n) is 7.23. The Morgan fingerprint density at radius 1 is 1.12 bits per heavy atom. The lowest BCUT2D eigenvalue weighted by atomic mass is 10.2. The van der Waals surface area contributed by atoms with Gasteiger partial charge in [0.2, 0.25) is 5.43 Å². The molecule has 0 bridgehead atoms. The van der Waals surface area contributed by atoms with Gasteiger partial charge in [-0.05, 0) is 25.0 Å². The summed E-state index contributed by atoms with van der Waals surface area (Å²) in [5.74, 6) is 0.331. The van der Waals surface area contributed by atoms with Crippen molar-refractivity contribution < 1.29 is 4.79 Å². The Kier molecular flexibility index (Phi) is 5.52. The number of para-hydroxylation sites is 1. The van der Waals surface area contributed by atoms with E-state index >= 15 is 0 Å². The van der Waals surface area contributed by atoms with Crippen LogP contribution in [0.3, 0.4) is 0 Å². The van der Waals surface area contributed by atoms with Crippen LogP contribution in [0.1, 0.15) is 30.0 Å². The predicted molar refractivity (Wildman–Crippen MR) is 102 cm³/mol. The Balaban J connectivity index is 1.81. The standard InChI is InChI=1S/C20H26N4O2/c1-15(2)14-22-9-11-23(12-10-22)20(26)19-18(25)13-16(3)24(21-19)17-7-5-4-6-8-17/h4-8,13,15H,9-12,14H2,1-3H3. The first kappa shape index (κ1) is 18.3. The van der Waals surface area contributed by atoms with Crippen molar-refractivity contribution in [3.05, 3.63) is 58.0 Å². The fraction of sp³-hybridized carbons (Fsp3) is 0.450. The zero-order valence-corrected chi connectivity index (χ0v) is 15.7. The summed E-state index contributed by atoms with van der Waals surface area (Å²) in [6.07, 6.45) is 0. The maximum atomic E-state index is 12.9. The molecule has 1 aromatic heterocycles. The summed E-state index contributed by atoms with van der Waals surface area (Å²) in [7, 11) is 0. The van der Waals surface area contributed by atoms with E-state index in [9.17, 15) is 9.59 Å². The van der Waals surface area contributed by atoms with Crippen LogP contribution in [-0.2, 0) is 0 Å². The Morgan fingerprint density at radius 2 is 1.77 bits per heavy atom. The summed E-state index contributed by atoms with van der Waals surface area (Å²) in [4.78, 5) is 29.4. The molecule has 0 radical (unpaired) electrons. The number of piperazine rings is 1. The molecule has 1 fully saturated rings. The first-order chi connectivity index (χ1) is 12.5. The molecule has 1 aromatic carbocycles. The summed E-state index contributed by atoms with van der Waals surface area (Å²) < 4.78 is 1.66. The number of carbonyl (C=O) groups is 1. The van der Waals surface area contributed by atoms with Gasteiger partial charge in [0, 0.05) is 44.5 Å². The second kappa shape index (κ2) is 7.83. The second-order valence-corrected chi connectivity index (χ2v) is 7.23. The van der Waals surface area contributed by atoms with Gasteiger partial charge in [-0.15, -0.1) is 0 Å². The maximum Gasteiger partial charge on any atom is 0.278 e. The van der Waals surface area contributed by atoms with Crippen LogP contribution in [0.5, 0.6) is 0 Å². The van der Waals surface area contributed by atoms with Gasteiger partial charge in [0.25, 0.3) is 5.91 Å². The SMILES string of the molecule is Cc1cc(=O)c(C(=O)N2CCN(CC(C)C)CC2)nn1-c1ccccc1. The van der Waals surface area contributed by atoms with Crippen LogP contribution < -0.4 is 5.43 Å². The van der Waals surface area contributed by atoms with Gasteiger partial charge in [-0.1, -0.05) is 32.0 Å². The summed E-state index contributed by atoms with van der Waals surface area (Å²) >= 11 is 0. The molecule has 26 heavy (non-hydrogen) atoms. The molecule has 6 nitrogen and oxygen atoms in total. The van der Waals surface area contributed by atoms with Crippen LogP contribution in [0, 0.1) is 12.8 Å². The molecule has 1 amide bonds. The molecule has 1 aliphatic rings. The topological polar surface area (TPSA) is 58.4 Å². The van der Waals surface area contributed by atoms with Gasteiger partial charge in [0.15, 0.2) is 5.69 Å². The van der Waals surface area contributed by atoms with Gasteiger partial charge in [0.1, 0.15) is 0 Å². The molecule has 2 heterocycles. The number of hydrogen-bond acceptors (Lipinski definition) is 4. The van der Waals surface area contributed by atoms with Crippen molar-refractivity contribution in [1.29, 1.82) is 0 Å². The summed E-state index contributed by atoms with van der Waals surface area (Å²) in [6.45, 7) is 10.2. The zero-order chi connectivity index (χ0) is 18.7. The smallest absolute Gasteiger partial charge is 0.278 e. The first-order valence-electron chi connectivity index (χ1n) is 9.13. The number of aromatic nitrogens is 2. The lowest BCUT2D eigenvalue weighted by molar-refractivity contribution is 0.0615. The van der Waals surface area contributed by atoms with Gasteiger partial charge in [0.05, 0.1) is 5.69 Å². The third-order valence-electron chi connectivity index (χ3n) is 4.59. The minimum Gasteiger partial charge on any atom is -0.335 e. The van der Waals surface area contributed by atoms with Crippen LogP contribution in [0.4, 0.5) is 0 Å². The number of benzene rings is 1. The van der Waals surface area contributed by atoms with Crippen molar-refractivity contribution in [2.45, 2.75) is 20.8 Å². The molecule has 2 aromatic rings. The summed E-state index contributed by atoms with van der Waals surface area (Å²) in [6, 6.07) is 11.0. The number of hydrogen-bond donors (Lipinski definition) is 0. The highest BCUT2D eigenvalue weighted by Crippen LogP contribution is 2.11. The Labute approximate surface area is 154 Å². The van der Waals surface area contributed by atoms with E-state index in [0.717, 1.165) is 25.3 Å². The van der Waals surface area contributed by atoms with E-state index in [1.165, 1.54) is 6.07 Å². The fourth-order valence-corrected chi connectivity index (χ4v) is 3.33. The molecule has 0 N–H and O–H groups in total. The molecule has 3 rings (SSSR count). The highest BCUT2D eigenvalue weighted by molar-refractivity contribution is 5.92. The van der Waals surface area contributed by atoms with Crippen molar-refractivity contribution in [2.75, 3.05) is 32.7 Å². The van der Waals surface area contributed by atoms with Crippen LogP contribution in [0.25, 0.3) is 5.69 Å². The number of rotatable bonds is 4. The van der Waals surface area contributed by atoms with Crippen LogP contribution in [0.2, 0.25) is 0 Å². The van der Waals surface area contributed by atoms with Gasteiger partial charge < -0.3 is 4.90 Å². The van der Waals surface area contributed by atoms with Crippen molar-refractivity contribution in [3.63, 3.8) is 0 Å². The third kappa shape index (κ3) is 4.02. The third-order valence-corrected chi connectivity index (χ3v) is 4.59. The van der Waals surface area contributed by atoms with Gasteiger partial charge >= 0.3 is 0 Å². The van der Waals surface area contributed by atoms with Crippen molar-refractivity contribution in [1.82, 2.24) is 19.6 Å². The van der Waals surface area contributed by atoms with E-state index in [0.29, 0.717) is 24.7 Å². The Morgan fingerprint density at radius 3 is 2.38 bits per heavy atom. The molecular weight excluding hydrogens is 328 g/mol. The largest absolute Gasteiger partial charge is 0.335 e. The lowest BCUT2D eigenvalue weighted by Gasteiger charge is -2.35. The van der Waals surface area contributed by atoms with Crippen molar-refractivity contribution in [3.8, 4) is 5.69 Å². The number of nitrogens with zero attached hydrogens (tertiary/aromatic N) is 4. The quantitative estimate of drug-likeness (QED) is 0.842. The minimum atomic E-state index is -0.315. The molecule has 1 saturated heterocycles. The van der Waals surface area contributed by atoms with Crippen molar-refractivity contribution in [2.24, 2.45) is 5.92 Å². The van der Waals surface area contributed by atoms with Crippen molar-refractivity contribution >= 4 is 5.91 Å². The predicted octanol–water partition coefficient (Wildman–Crippen LogP) is 1.95. The highest BCUT2D eigenvalue weighted by Gasteiger charge is 2.25. The van der Waals surface area contributed by atoms with Crippen LogP contribution in [-0.4, -0.2) is 58.2 Å². The average molecular weight is 354 g/mol. The highest BCUT2D eigenvalue weighted by atomic mass is 16.2. The molecule has 138 valence electrons. The number of amides is 1. The number of aryl methyl sites for hydroxylation is 1. The molecular formula is C20H26N4O2. The lowest BCUT2D eigenvalue weighted by Crippen LogP contribution is -2.50. The van der Waals surface area contributed by atoms with E-state index in [4.69, 9.17) is 0 Å². The molecule has 1 aliphatic heterocycles. The first-order valence-corrected chi connectivity index (χ1v) is 9.13. The zero-order valence-electron chi connectivity index (χ0n) is 15.7. The summed E-state index contributed by atoms with van der Waals surface area (Å²) in [5.41, 5.74) is 1.22. The maximum absolute atomic E-state index is 12.9. The average Bonchev–Trinajstić information content (AvgIpc) is 2.62. The van der Waals surface area contributed by atoms with E-state index in [2.05, 4.69) is 23.8 Å². The molecule has 6 heteroatoms. The molecule has 0 unspecified atom stereocenters. The van der Waals surface area contributed by atoms with Crippen LogP contribution >= 0.6 is 0 Å². The molecule has 0 spiro atoms. The minimum absolute atomic E-state index is 0.00300. The van der Waals surface area contributed by atoms with E-state index in [1.54, 1.807) is 9.58 Å². The van der Waals surface area contributed by atoms with E-state index < -0.39 is 0 Å². The van der Waals surface area contributed by atoms with Crippen LogP contribution in [0.15, 0.2) is 41.2 Å².